The molecule has 1 aromatic carbocycles. The van der Waals surface area contributed by atoms with Gasteiger partial charge < -0.3 is 9.84 Å². The third-order valence-electron chi connectivity index (χ3n) is 4.28. The van der Waals surface area contributed by atoms with Gasteiger partial charge in [-0.25, -0.2) is 4.68 Å². The number of ether oxygens (including phenoxy) is 1. The first-order chi connectivity index (χ1) is 12.0. The van der Waals surface area contributed by atoms with Crippen LogP contribution < -0.4 is 5.56 Å². The second-order valence-electron chi connectivity index (χ2n) is 6.73. The molecule has 1 saturated heterocycles. The molecule has 3 unspecified atom stereocenters. The minimum absolute atomic E-state index is 0.151. The number of hydrogen-bond acceptors (Lipinski definition) is 5. The largest absolute Gasteiger partial charge is 0.390 e. The minimum Gasteiger partial charge on any atom is -0.390 e. The number of rotatable bonds is 5. The van der Waals surface area contributed by atoms with Gasteiger partial charge in [-0.2, -0.15) is 5.10 Å². The van der Waals surface area contributed by atoms with E-state index in [2.05, 4.69) is 10.00 Å². The molecule has 6 nitrogen and oxygen atoms in total. The number of benzene rings is 1. The SMILES string of the molecule is CC1CN(CC(O)Cn2nc(-c3ccccc3)ccc2=O)CC(C)O1. The molecule has 2 aromatic rings. The second kappa shape index (κ2) is 7.91. The molecule has 0 bridgehead atoms. The molecule has 0 amide bonds. The van der Waals surface area contributed by atoms with Crippen molar-refractivity contribution in [1.82, 2.24) is 14.7 Å². The number of aliphatic hydroxyl groups excluding tert-OH is 1. The fraction of sp³-hybridized carbons (Fsp3) is 0.474. The molecular formula is C19H25N3O3. The molecule has 134 valence electrons. The molecule has 1 aliphatic rings. The van der Waals surface area contributed by atoms with Crippen LogP contribution in [0.2, 0.25) is 0 Å². The van der Waals surface area contributed by atoms with Crippen LogP contribution in [0.3, 0.4) is 0 Å². The monoisotopic (exact) mass is 343 g/mol. The fourth-order valence-electron chi connectivity index (χ4n) is 3.33. The summed E-state index contributed by atoms with van der Waals surface area (Å²) in [6.45, 7) is 6.32. The topological polar surface area (TPSA) is 67.6 Å². The maximum atomic E-state index is 12.1. The van der Waals surface area contributed by atoms with Crippen molar-refractivity contribution < 1.29 is 9.84 Å². The van der Waals surface area contributed by atoms with E-state index >= 15 is 0 Å². The highest BCUT2D eigenvalue weighted by Crippen LogP contribution is 2.14. The van der Waals surface area contributed by atoms with E-state index in [4.69, 9.17) is 4.74 Å². The molecular weight excluding hydrogens is 318 g/mol. The number of nitrogens with zero attached hydrogens (tertiary/aromatic N) is 3. The molecule has 0 radical (unpaired) electrons. The second-order valence-corrected chi connectivity index (χ2v) is 6.73. The van der Waals surface area contributed by atoms with Gasteiger partial charge in [-0.3, -0.25) is 9.69 Å². The maximum absolute atomic E-state index is 12.1. The van der Waals surface area contributed by atoms with Crippen LogP contribution in [0.4, 0.5) is 0 Å². The van der Waals surface area contributed by atoms with Crippen LogP contribution in [0.1, 0.15) is 13.8 Å². The number of aliphatic hydroxyl groups is 1. The van der Waals surface area contributed by atoms with E-state index in [0.29, 0.717) is 6.54 Å². The molecule has 2 heterocycles. The van der Waals surface area contributed by atoms with E-state index in [9.17, 15) is 9.90 Å². The summed E-state index contributed by atoms with van der Waals surface area (Å²) in [4.78, 5) is 14.3. The Hall–Kier alpha value is -2.02. The fourth-order valence-corrected chi connectivity index (χ4v) is 3.33. The Balaban J connectivity index is 1.68. The molecule has 1 aliphatic heterocycles. The van der Waals surface area contributed by atoms with Gasteiger partial charge >= 0.3 is 0 Å². The zero-order chi connectivity index (χ0) is 17.8. The summed E-state index contributed by atoms with van der Waals surface area (Å²) in [5, 5.41) is 14.8. The summed E-state index contributed by atoms with van der Waals surface area (Å²) in [5.74, 6) is 0. The van der Waals surface area contributed by atoms with Crippen LogP contribution in [0, 0.1) is 0 Å². The predicted octanol–water partition coefficient (Wildman–Crippen LogP) is 1.38. The summed E-state index contributed by atoms with van der Waals surface area (Å²) < 4.78 is 7.06. The van der Waals surface area contributed by atoms with Gasteiger partial charge in [0.25, 0.3) is 5.56 Å². The lowest BCUT2D eigenvalue weighted by Crippen LogP contribution is -2.48. The zero-order valence-electron chi connectivity index (χ0n) is 14.7. The van der Waals surface area contributed by atoms with E-state index < -0.39 is 6.10 Å². The number of hydrogen-bond donors (Lipinski definition) is 1. The first-order valence-corrected chi connectivity index (χ1v) is 8.70. The van der Waals surface area contributed by atoms with Gasteiger partial charge in [0.15, 0.2) is 0 Å². The molecule has 6 heteroatoms. The average Bonchev–Trinajstić information content (AvgIpc) is 2.56. The first-order valence-electron chi connectivity index (χ1n) is 8.70. The Kier molecular flexibility index (Phi) is 5.63. The highest BCUT2D eigenvalue weighted by molar-refractivity contribution is 5.57. The Morgan fingerprint density at radius 3 is 2.48 bits per heavy atom. The molecule has 0 aliphatic carbocycles. The summed E-state index contributed by atoms with van der Waals surface area (Å²) >= 11 is 0. The van der Waals surface area contributed by atoms with Gasteiger partial charge in [-0.1, -0.05) is 30.3 Å². The molecule has 25 heavy (non-hydrogen) atoms. The normalized spacial score (nSPS) is 22.7. The third-order valence-corrected chi connectivity index (χ3v) is 4.28. The quantitative estimate of drug-likeness (QED) is 0.888. The van der Waals surface area contributed by atoms with Gasteiger partial charge in [0, 0.05) is 31.3 Å². The van der Waals surface area contributed by atoms with Crippen LogP contribution in [-0.2, 0) is 11.3 Å². The van der Waals surface area contributed by atoms with Crippen LogP contribution in [-0.4, -0.2) is 57.7 Å². The van der Waals surface area contributed by atoms with Crippen LogP contribution >= 0.6 is 0 Å². The van der Waals surface area contributed by atoms with E-state index in [1.165, 1.54) is 10.7 Å². The lowest BCUT2D eigenvalue weighted by atomic mass is 10.1. The van der Waals surface area contributed by atoms with E-state index in [1.807, 2.05) is 44.2 Å². The summed E-state index contributed by atoms with van der Waals surface area (Å²) in [6, 6.07) is 12.9. The van der Waals surface area contributed by atoms with Gasteiger partial charge in [-0.15, -0.1) is 0 Å². The standard InChI is InChI=1S/C19H25N3O3/c1-14-10-21(11-15(2)25-14)12-17(23)13-22-19(24)9-8-18(20-22)16-6-4-3-5-7-16/h3-9,14-15,17,23H,10-13H2,1-2H3. The van der Waals surface area contributed by atoms with Crippen molar-refractivity contribution in [2.24, 2.45) is 0 Å². The number of aromatic nitrogens is 2. The summed E-state index contributed by atoms with van der Waals surface area (Å²) in [5.41, 5.74) is 1.46. The van der Waals surface area contributed by atoms with Crippen molar-refractivity contribution in [1.29, 1.82) is 0 Å². The summed E-state index contributed by atoms with van der Waals surface area (Å²) in [6.07, 6.45) is -0.356. The van der Waals surface area contributed by atoms with Crippen molar-refractivity contribution in [3.63, 3.8) is 0 Å². The van der Waals surface area contributed by atoms with Crippen molar-refractivity contribution >= 4 is 0 Å². The zero-order valence-corrected chi connectivity index (χ0v) is 14.7. The highest BCUT2D eigenvalue weighted by Gasteiger charge is 2.24. The predicted molar refractivity (Wildman–Crippen MR) is 96.4 cm³/mol. The third kappa shape index (κ3) is 4.75. The number of morpholine rings is 1. The maximum Gasteiger partial charge on any atom is 0.266 e. The molecule has 3 rings (SSSR count). The van der Waals surface area contributed by atoms with Crippen LogP contribution in [0.25, 0.3) is 11.3 Å². The van der Waals surface area contributed by atoms with Crippen LogP contribution in [0.5, 0.6) is 0 Å². The van der Waals surface area contributed by atoms with Gasteiger partial charge in [0.1, 0.15) is 0 Å². The molecule has 0 saturated carbocycles. The lowest BCUT2D eigenvalue weighted by Gasteiger charge is -2.36. The van der Waals surface area contributed by atoms with E-state index in [1.54, 1.807) is 6.07 Å². The Bertz CT molecular complexity index is 737. The molecule has 1 fully saturated rings. The first kappa shape index (κ1) is 17.8. The Labute approximate surface area is 147 Å². The molecule has 3 atom stereocenters. The van der Waals surface area contributed by atoms with Crippen molar-refractivity contribution in [2.45, 2.75) is 38.7 Å². The Morgan fingerprint density at radius 2 is 1.80 bits per heavy atom. The van der Waals surface area contributed by atoms with Crippen LogP contribution in [0.15, 0.2) is 47.3 Å². The lowest BCUT2D eigenvalue weighted by molar-refractivity contribution is -0.0774. The number of β-amino-alcohol motifs (C(OH)–C–C–N with tert-alkyl or cyclic N) is 1. The van der Waals surface area contributed by atoms with E-state index in [-0.39, 0.29) is 24.3 Å². The van der Waals surface area contributed by atoms with Crippen molar-refractivity contribution in [2.75, 3.05) is 19.6 Å². The molecule has 1 aromatic heterocycles. The van der Waals surface area contributed by atoms with Crippen molar-refractivity contribution in [3.8, 4) is 11.3 Å². The highest BCUT2D eigenvalue weighted by atomic mass is 16.5. The van der Waals surface area contributed by atoms with Gasteiger partial charge in [-0.05, 0) is 19.9 Å². The molecule has 1 N–H and O–H groups in total. The van der Waals surface area contributed by atoms with Crippen molar-refractivity contribution in [3.05, 3.63) is 52.8 Å². The van der Waals surface area contributed by atoms with E-state index in [0.717, 1.165) is 24.3 Å². The molecule has 0 spiro atoms. The smallest absolute Gasteiger partial charge is 0.266 e. The van der Waals surface area contributed by atoms with Gasteiger partial charge in [0.05, 0.1) is 30.6 Å². The summed E-state index contributed by atoms with van der Waals surface area (Å²) in [7, 11) is 0. The average molecular weight is 343 g/mol. The van der Waals surface area contributed by atoms with Gasteiger partial charge in [0.2, 0.25) is 0 Å². The minimum atomic E-state index is -0.659. The Morgan fingerprint density at radius 1 is 1.12 bits per heavy atom.